The monoisotopic (exact) mass is 307 g/mol. The van der Waals surface area contributed by atoms with Crippen LogP contribution >= 0.6 is 11.6 Å². The normalized spacial score (nSPS) is 25.3. The second-order valence-corrected chi connectivity index (χ2v) is 6.41. The average Bonchev–Trinajstić information content (AvgIpc) is 3.10. The summed E-state index contributed by atoms with van der Waals surface area (Å²) in [6.45, 7) is 2.88. The van der Waals surface area contributed by atoms with E-state index < -0.39 is 0 Å². The SMILES string of the molecule is O=C(CC1CCCN1)NC1CCN(c2cccc(Cl)c2)C1. The Morgan fingerprint density at radius 2 is 2.33 bits per heavy atom. The molecular weight excluding hydrogens is 286 g/mol. The van der Waals surface area contributed by atoms with E-state index in [1.807, 2.05) is 18.2 Å². The van der Waals surface area contributed by atoms with Crippen LogP contribution in [0.25, 0.3) is 0 Å². The molecule has 3 rings (SSSR count). The van der Waals surface area contributed by atoms with Gasteiger partial charge in [-0.15, -0.1) is 0 Å². The number of carbonyl (C=O) groups is 1. The van der Waals surface area contributed by atoms with Gasteiger partial charge in [-0.1, -0.05) is 17.7 Å². The molecule has 2 aliphatic rings. The predicted octanol–water partition coefficient (Wildman–Crippen LogP) is 2.18. The van der Waals surface area contributed by atoms with E-state index >= 15 is 0 Å². The van der Waals surface area contributed by atoms with E-state index in [4.69, 9.17) is 11.6 Å². The van der Waals surface area contributed by atoms with Crippen molar-refractivity contribution in [2.75, 3.05) is 24.5 Å². The predicted molar refractivity (Wildman–Crippen MR) is 85.9 cm³/mol. The van der Waals surface area contributed by atoms with Crippen LogP contribution in [0.4, 0.5) is 5.69 Å². The third-order valence-electron chi connectivity index (χ3n) is 4.32. The highest BCUT2D eigenvalue weighted by molar-refractivity contribution is 6.30. The Kier molecular flexibility index (Phi) is 4.66. The van der Waals surface area contributed by atoms with Gasteiger partial charge in [0.2, 0.25) is 5.91 Å². The molecule has 2 atom stereocenters. The first-order valence-corrected chi connectivity index (χ1v) is 8.12. The Balaban J connectivity index is 1.49. The van der Waals surface area contributed by atoms with Gasteiger partial charge in [-0.2, -0.15) is 0 Å². The zero-order valence-electron chi connectivity index (χ0n) is 12.1. The molecule has 0 aromatic heterocycles. The maximum absolute atomic E-state index is 12.1. The van der Waals surface area contributed by atoms with E-state index in [2.05, 4.69) is 21.6 Å². The van der Waals surface area contributed by atoms with Crippen LogP contribution in [0.1, 0.15) is 25.7 Å². The molecule has 2 N–H and O–H groups in total. The summed E-state index contributed by atoms with van der Waals surface area (Å²) in [5.74, 6) is 0.173. The standard InChI is InChI=1S/C16H22ClN3O/c17-12-3-1-5-15(9-12)20-8-6-14(11-20)19-16(21)10-13-4-2-7-18-13/h1,3,5,9,13-14,18H,2,4,6-8,10-11H2,(H,19,21). The summed E-state index contributed by atoms with van der Waals surface area (Å²) < 4.78 is 0. The second kappa shape index (κ2) is 6.67. The first kappa shape index (κ1) is 14.7. The topological polar surface area (TPSA) is 44.4 Å². The Hall–Kier alpha value is -1.26. The van der Waals surface area contributed by atoms with Crippen molar-refractivity contribution in [3.63, 3.8) is 0 Å². The van der Waals surface area contributed by atoms with Crippen LogP contribution in [-0.2, 0) is 4.79 Å². The van der Waals surface area contributed by atoms with Gasteiger partial charge in [0.05, 0.1) is 0 Å². The quantitative estimate of drug-likeness (QED) is 0.896. The lowest BCUT2D eigenvalue weighted by molar-refractivity contribution is -0.122. The summed E-state index contributed by atoms with van der Waals surface area (Å²) in [6, 6.07) is 8.52. The van der Waals surface area contributed by atoms with Crippen molar-refractivity contribution >= 4 is 23.2 Å². The Labute approximate surface area is 130 Å². The fraction of sp³-hybridized carbons (Fsp3) is 0.562. The van der Waals surface area contributed by atoms with Gasteiger partial charge in [-0.05, 0) is 44.0 Å². The molecule has 1 aromatic rings. The number of nitrogens with one attached hydrogen (secondary N) is 2. The van der Waals surface area contributed by atoms with Gasteiger partial charge in [0.15, 0.2) is 0 Å². The fourth-order valence-corrected chi connectivity index (χ4v) is 3.41. The second-order valence-electron chi connectivity index (χ2n) is 5.98. The summed E-state index contributed by atoms with van der Waals surface area (Å²) in [5, 5.41) is 7.29. The maximum atomic E-state index is 12.1. The lowest BCUT2D eigenvalue weighted by Gasteiger charge is -2.19. The van der Waals surface area contributed by atoms with E-state index in [1.54, 1.807) is 0 Å². The molecule has 2 fully saturated rings. The Morgan fingerprint density at radius 3 is 3.10 bits per heavy atom. The van der Waals surface area contributed by atoms with E-state index in [1.165, 1.54) is 6.42 Å². The third-order valence-corrected chi connectivity index (χ3v) is 4.56. The van der Waals surface area contributed by atoms with Gasteiger partial charge < -0.3 is 15.5 Å². The molecule has 0 saturated carbocycles. The summed E-state index contributed by atoms with van der Waals surface area (Å²) >= 11 is 6.04. The van der Waals surface area contributed by atoms with Crippen LogP contribution in [0.15, 0.2) is 24.3 Å². The molecule has 0 aliphatic carbocycles. The minimum Gasteiger partial charge on any atom is -0.369 e. The Morgan fingerprint density at radius 1 is 1.43 bits per heavy atom. The van der Waals surface area contributed by atoms with Crippen molar-refractivity contribution in [2.24, 2.45) is 0 Å². The lowest BCUT2D eigenvalue weighted by atomic mass is 10.1. The summed E-state index contributed by atoms with van der Waals surface area (Å²) in [6.07, 6.45) is 3.90. The number of nitrogens with zero attached hydrogens (tertiary/aromatic N) is 1. The number of halogens is 1. The van der Waals surface area contributed by atoms with Crippen LogP contribution < -0.4 is 15.5 Å². The van der Waals surface area contributed by atoms with Gasteiger partial charge in [0.1, 0.15) is 0 Å². The molecule has 5 heteroatoms. The molecule has 1 amide bonds. The van der Waals surface area contributed by atoms with Crippen LogP contribution in [0.5, 0.6) is 0 Å². The van der Waals surface area contributed by atoms with Gasteiger partial charge in [0.25, 0.3) is 0 Å². The molecule has 1 aromatic carbocycles. The number of amides is 1. The van der Waals surface area contributed by atoms with Crippen molar-refractivity contribution in [2.45, 2.75) is 37.8 Å². The molecule has 0 spiro atoms. The number of hydrogen-bond acceptors (Lipinski definition) is 3. The summed E-state index contributed by atoms with van der Waals surface area (Å²) in [5.41, 5.74) is 1.14. The average molecular weight is 308 g/mol. The molecule has 114 valence electrons. The number of rotatable bonds is 4. The van der Waals surface area contributed by atoms with Gasteiger partial charge in [0, 0.05) is 42.3 Å². The maximum Gasteiger partial charge on any atom is 0.221 e. The molecular formula is C16H22ClN3O. The smallest absolute Gasteiger partial charge is 0.221 e. The van der Waals surface area contributed by atoms with E-state index in [0.29, 0.717) is 12.5 Å². The minimum absolute atomic E-state index is 0.173. The number of anilines is 1. The first-order chi connectivity index (χ1) is 10.2. The van der Waals surface area contributed by atoms with Gasteiger partial charge >= 0.3 is 0 Å². The molecule has 21 heavy (non-hydrogen) atoms. The fourth-order valence-electron chi connectivity index (χ4n) is 3.23. The number of carbonyl (C=O) groups excluding carboxylic acids is 1. The molecule has 2 heterocycles. The van der Waals surface area contributed by atoms with E-state index in [9.17, 15) is 4.79 Å². The molecule has 0 bridgehead atoms. The molecule has 0 radical (unpaired) electrons. The van der Waals surface area contributed by atoms with Crippen molar-refractivity contribution in [3.05, 3.63) is 29.3 Å². The van der Waals surface area contributed by atoms with Crippen molar-refractivity contribution in [1.29, 1.82) is 0 Å². The number of benzene rings is 1. The zero-order chi connectivity index (χ0) is 14.7. The van der Waals surface area contributed by atoms with Crippen LogP contribution in [0.2, 0.25) is 5.02 Å². The summed E-state index contributed by atoms with van der Waals surface area (Å²) in [7, 11) is 0. The highest BCUT2D eigenvalue weighted by Gasteiger charge is 2.25. The molecule has 2 saturated heterocycles. The highest BCUT2D eigenvalue weighted by Crippen LogP contribution is 2.23. The highest BCUT2D eigenvalue weighted by atomic mass is 35.5. The van der Waals surface area contributed by atoms with Crippen molar-refractivity contribution < 1.29 is 4.79 Å². The van der Waals surface area contributed by atoms with Crippen LogP contribution in [0.3, 0.4) is 0 Å². The molecule has 2 aliphatic heterocycles. The van der Waals surface area contributed by atoms with E-state index in [-0.39, 0.29) is 11.9 Å². The van der Waals surface area contributed by atoms with E-state index in [0.717, 1.165) is 43.2 Å². The molecule has 4 nitrogen and oxygen atoms in total. The van der Waals surface area contributed by atoms with Gasteiger partial charge in [-0.25, -0.2) is 0 Å². The summed E-state index contributed by atoms with van der Waals surface area (Å²) in [4.78, 5) is 14.3. The minimum atomic E-state index is 0.173. The van der Waals surface area contributed by atoms with Gasteiger partial charge in [-0.3, -0.25) is 4.79 Å². The van der Waals surface area contributed by atoms with Crippen LogP contribution in [0, 0.1) is 0 Å². The van der Waals surface area contributed by atoms with Crippen LogP contribution in [-0.4, -0.2) is 37.6 Å². The number of hydrogen-bond donors (Lipinski definition) is 2. The Bertz CT molecular complexity index is 502. The largest absolute Gasteiger partial charge is 0.369 e. The van der Waals surface area contributed by atoms with Crippen molar-refractivity contribution in [1.82, 2.24) is 10.6 Å². The zero-order valence-corrected chi connectivity index (χ0v) is 12.9. The lowest BCUT2D eigenvalue weighted by Crippen LogP contribution is -2.39. The third kappa shape index (κ3) is 3.89. The molecule has 2 unspecified atom stereocenters. The van der Waals surface area contributed by atoms with Crippen molar-refractivity contribution in [3.8, 4) is 0 Å². The first-order valence-electron chi connectivity index (χ1n) is 7.74.